The lowest BCUT2D eigenvalue weighted by Crippen LogP contribution is -2.52. The Hall–Kier alpha value is -4.31. The van der Waals surface area contributed by atoms with Gasteiger partial charge in [0.1, 0.15) is 6.04 Å². The number of aromatic nitrogens is 2. The van der Waals surface area contributed by atoms with Crippen LogP contribution in [-0.4, -0.2) is 75.8 Å². The number of likely N-dealkylation sites (tertiary alicyclic amines) is 1. The number of fused-ring (bicyclic) bond motifs is 1. The van der Waals surface area contributed by atoms with Crippen molar-refractivity contribution in [2.75, 3.05) is 36.4 Å². The summed E-state index contributed by atoms with van der Waals surface area (Å²) < 4.78 is 0. The van der Waals surface area contributed by atoms with Crippen LogP contribution in [0.5, 0.6) is 0 Å². The third kappa shape index (κ3) is 6.48. The molecule has 0 spiro atoms. The number of nitrogens with one attached hydrogen (secondary N) is 2. The van der Waals surface area contributed by atoms with Crippen LogP contribution in [0.1, 0.15) is 95.8 Å². The molecule has 4 aliphatic heterocycles. The van der Waals surface area contributed by atoms with Crippen LogP contribution < -0.4 is 15.5 Å². The lowest BCUT2D eigenvalue weighted by Gasteiger charge is -2.34. The Bertz CT molecular complexity index is 1640. The van der Waals surface area contributed by atoms with Crippen LogP contribution in [0, 0.1) is 0 Å². The molecule has 0 radical (unpaired) electrons. The van der Waals surface area contributed by atoms with Gasteiger partial charge in [-0.1, -0.05) is 24.3 Å². The van der Waals surface area contributed by atoms with Gasteiger partial charge in [-0.2, -0.15) is 0 Å². The van der Waals surface area contributed by atoms with E-state index in [1.807, 2.05) is 18.5 Å². The Balaban J connectivity index is 0.797. The number of piperidine rings is 3. The molecule has 8 rings (SSSR count). The Morgan fingerprint density at radius 3 is 2.21 bits per heavy atom. The van der Waals surface area contributed by atoms with Gasteiger partial charge in [-0.25, -0.2) is 9.97 Å². The second-order valence-electron chi connectivity index (χ2n) is 14.1. The van der Waals surface area contributed by atoms with Crippen molar-refractivity contribution >= 4 is 29.4 Å². The van der Waals surface area contributed by atoms with E-state index < -0.39 is 6.04 Å². The monoisotopic (exact) mass is 633 g/mol. The predicted molar refractivity (Wildman–Crippen MR) is 179 cm³/mol. The SMILES string of the molecule is O=C1CCC(N2Cc3cc(C4CCN(Cc5ccc(N6CCC(Nc7ncc(C8CC8)cn7)CC6)cc5)CC4)ccc3C2=O)C(=O)N1. The number of benzene rings is 2. The zero-order chi connectivity index (χ0) is 31.9. The lowest BCUT2D eigenvalue weighted by atomic mass is 9.87. The first-order chi connectivity index (χ1) is 23.0. The minimum Gasteiger partial charge on any atom is -0.371 e. The number of carbonyl (C=O) groups is 3. The van der Waals surface area contributed by atoms with Crippen LogP contribution in [0.4, 0.5) is 11.6 Å². The largest absolute Gasteiger partial charge is 0.371 e. The maximum absolute atomic E-state index is 13.1. The first-order valence-corrected chi connectivity index (χ1v) is 17.4. The van der Waals surface area contributed by atoms with Gasteiger partial charge in [-0.15, -0.1) is 0 Å². The Labute approximate surface area is 275 Å². The number of anilines is 2. The van der Waals surface area contributed by atoms with Gasteiger partial charge in [-0.05, 0) is 110 Å². The number of rotatable bonds is 8. The molecule has 2 N–H and O–H groups in total. The zero-order valence-electron chi connectivity index (χ0n) is 26.9. The zero-order valence-corrected chi connectivity index (χ0v) is 26.9. The van der Waals surface area contributed by atoms with Crippen LogP contribution in [0.15, 0.2) is 54.9 Å². The fourth-order valence-electron chi connectivity index (χ4n) is 7.85. The van der Waals surface area contributed by atoms with Crippen molar-refractivity contribution in [3.05, 3.63) is 82.7 Å². The molecule has 1 unspecified atom stereocenters. The summed E-state index contributed by atoms with van der Waals surface area (Å²) in [4.78, 5) is 52.8. The van der Waals surface area contributed by atoms with E-state index in [9.17, 15) is 14.4 Å². The van der Waals surface area contributed by atoms with E-state index >= 15 is 0 Å². The number of hydrogen-bond donors (Lipinski definition) is 2. The van der Waals surface area contributed by atoms with E-state index in [4.69, 9.17) is 0 Å². The van der Waals surface area contributed by atoms with Gasteiger partial charge in [0.15, 0.2) is 0 Å². The van der Waals surface area contributed by atoms with Crippen molar-refractivity contribution in [3.63, 3.8) is 0 Å². The Morgan fingerprint density at radius 2 is 1.51 bits per heavy atom. The molecule has 1 saturated carbocycles. The third-order valence-electron chi connectivity index (χ3n) is 10.9. The summed E-state index contributed by atoms with van der Waals surface area (Å²) in [6, 6.07) is 15.2. The molecule has 1 aliphatic carbocycles. The van der Waals surface area contributed by atoms with Crippen molar-refractivity contribution in [3.8, 4) is 0 Å². The van der Waals surface area contributed by atoms with E-state index in [1.165, 1.54) is 35.2 Å². The highest BCUT2D eigenvalue weighted by atomic mass is 16.2. The molecule has 5 aliphatic rings. The number of nitrogens with zero attached hydrogens (tertiary/aromatic N) is 5. The quantitative estimate of drug-likeness (QED) is 0.347. The smallest absolute Gasteiger partial charge is 0.255 e. The maximum Gasteiger partial charge on any atom is 0.255 e. The van der Waals surface area contributed by atoms with E-state index in [0.29, 0.717) is 36.4 Å². The molecule has 1 atom stereocenters. The number of imide groups is 1. The van der Waals surface area contributed by atoms with Crippen LogP contribution in [0.25, 0.3) is 0 Å². The molecule has 1 aromatic heterocycles. The Morgan fingerprint density at radius 1 is 0.787 bits per heavy atom. The van der Waals surface area contributed by atoms with Gasteiger partial charge in [0, 0.05) is 62.3 Å². The van der Waals surface area contributed by atoms with E-state index in [-0.39, 0.29) is 24.1 Å². The van der Waals surface area contributed by atoms with Gasteiger partial charge in [0.2, 0.25) is 17.8 Å². The highest BCUT2D eigenvalue weighted by Crippen LogP contribution is 2.39. The first kappa shape index (κ1) is 30.1. The van der Waals surface area contributed by atoms with Crippen molar-refractivity contribution in [1.29, 1.82) is 0 Å². The molecule has 0 bridgehead atoms. The minimum absolute atomic E-state index is 0.108. The van der Waals surface area contributed by atoms with Crippen molar-refractivity contribution in [2.45, 2.75) is 88.4 Å². The molecule has 2 aromatic carbocycles. The van der Waals surface area contributed by atoms with Gasteiger partial charge in [0.05, 0.1) is 0 Å². The second-order valence-corrected chi connectivity index (χ2v) is 14.1. The van der Waals surface area contributed by atoms with Crippen molar-refractivity contribution in [2.24, 2.45) is 0 Å². The summed E-state index contributed by atoms with van der Waals surface area (Å²) >= 11 is 0. The summed E-state index contributed by atoms with van der Waals surface area (Å²) in [6.45, 7) is 5.52. The summed E-state index contributed by atoms with van der Waals surface area (Å²) in [5, 5.41) is 5.93. The second kappa shape index (κ2) is 12.7. The van der Waals surface area contributed by atoms with Crippen molar-refractivity contribution in [1.82, 2.24) is 25.1 Å². The van der Waals surface area contributed by atoms with Crippen LogP contribution in [0.2, 0.25) is 0 Å². The normalized spacial score (nSPS) is 22.8. The molecule has 4 fully saturated rings. The average molecular weight is 634 g/mol. The third-order valence-corrected chi connectivity index (χ3v) is 10.9. The molecule has 3 aromatic rings. The number of amides is 3. The molecule has 10 heteroatoms. The van der Waals surface area contributed by atoms with Crippen LogP contribution in [-0.2, 0) is 22.7 Å². The van der Waals surface area contributed by atoms with Gasteiger partial charge >= 0.3 is 0 Å². The molecule has 5 heterocycles. The number of hydrogen-bond acceptors (Lipinski definition) is 8. The summed E-state index contributed by atoms with van der Waals surface area (Å²) in [6.07, 6.45) is 11.5. The molecule has 47 heavy (non-hydrogen) atoms. The van der Waals surface area contributed by atoms with Crippen LogP contribution in [0.3, 0.4) is 0 Å². The van der Waals surface area contributed by atoms with E-state index in [2.05, 4.69) is 66.8 Å². The Kier molecular flexibility index (Phi) is 8.13. The fourth-order valence-corrected chi connectivity index (χ4v) is 7.85. The van der Waals surface area contributed by atoms with E-state index in [0.717, 1.165) is 69.9 Å². The lowest BCUT2D eigenvalue weighted by molar-refractivity contribution is -0.136. The summed E-state index contributed by atoms with van der Waals surface area (Å²) in [5.41, 5.74) is 6.87. The van der Waals surface area contributed by atoms with Gasteiger partial charge < -0.3 is 15.1 Å². The fraction of sp³-hybridized carbons (Fsp3) is 0.486. The number of carbonyl (C=O) groups excluding carboxylic acids is 3. The summed E-state index contributed by atoms with van der Waals surface area (Å²) in [7, 11) is 0. The summed E-state index contributed by atoms with van der Waals surface area (Å²) in [5.74, 6) is 1.17. The molecule has 244 valence electrons. The standard InChI is InChI=1S/C37H43N7O3/c45-34-10-9-33(35(46)41-34)44-23-28-19-27(5-8-32(28)36(44)47)26-11-15-42(16-12-26)22-24-1-6-31(7-2-24)43-17-13-30(14-18-43)40-37-38-20-29(21-39-37)25-3-4-25/h1-2,5-8,19-21,25-26,30,33H,3-4,9-18,22-23H2,(H,38,39,40)(H,41,45,46). The van der Waals surface area contributed by atoms with E-state index in [1.54, 1.807) is 4.90 Å². The first-order valence-electron chi connectivity index (χ1n) is 17.4. The highest BCUT2D eigenvalue weighted by Gasteiger charge is 2.39. The van der Waals surface area contributed by atoms with Crippen LogP contribution >= 0.6 is 0 Å². The molecule has 3 saturated heterocycles. The maximum atomic E-state index is 13.1. The molecule has 3 amide bonds. The molecule has 10 nitrogen and oxygen atoms in total. The predicted octanol–water partition coefficient (Wildman–Crippen LogP) is 4.58. The molecular formula is C37H43N7O3. The molecular weight excluding hydrogens is 590 g/mol. The van der Waals surface area contributed by atoms with Crippen molar-refractivity contribution < 1.29 is 14.4 Å². The average Bonchev–Trinajstić information content (AvgIpc) is 3.90. The highest BCUT2D eigenvalue weighted by molar-refractivity contribution is 6.05. The van der Waals surface area contributed by atoms with Gasteiger partial charge in [0.25, 0.3) is 5.91 Å². The topological polar surface area (TPSA) is 111 Å². The van der Waals surface area contributed by atoms with Gasteiger partial charge in [-0.3, -0.25) is 24.6 Å². The minimum atomic E-state index is -0.571.